The summed E-state index contributed by atoms with van der Waals surface area (Å²) < 4.78 is 4.21. The third kappa shape index (κ3) is 1.96. The summed E-state index contributed by atoms with van der Waals surface area (Å²) in [5.74, 6) is -0.236. The van der Waals surface area contributed by atoms with Crippen LogP contribution in [0.3, 0.4) is 0 Å². The molecule has 1 radical (unpaired) electrons. The standard InChI is InChI=1S/C6H11O2/c1-4-5(2)6(7)8-3/h5H,3-4H2,1-2H3. The highest BCUT2D eigenvalue weighted by Crippen LogP contribution is 2.01. The Morgan fingerprint density at radius 2 is 2.38 bits per heavy atom. The predicted molar refractivity (Wildman–Crippen MR) is 30.9 cm³/mol. The zero-order valence-electron chi connectivity index (χ0n) is 5.31. The van der Waals surface area contributed by atoms with E-state index in [1.54, 1.807) is 0 Å². The summed E-state index contributed by atoms with van der Waals surface area (Å²) in [6, 6.07) is 0. The summed E-state index contributed by atoms with van der Waals surface area (Å²) in [6.45, 7) is 3.75. The first-order valence-corrected chi connectivity index (χ1v) is 2.68. The third-order valence-corrected chi connectivity index (χ3v) is 1.16. The van der Waals surface area contributed by atoms with Crippen LogP contribution in [-0.4, -0.2) is 5.97 Å². The Kier molecular flexibility index (Phi) is 3.24. The molecule has 0 amide bonds. The lowest BCUT2D eigenvalue weighted by atomic mass is 10.1. The Bertz CT molecular complexity index is 78.6. The van der Waals surface area contributed by atoms with Gasteiger partial charge in [0.25, 0.3) is 0 Å². The van der Waals surface area contributed by atoms with Gasteiger partial charge in [0.1, 0.15) is 7.11 Å². The number of rotatable bonds is 2. The van der Waals surface area contributed by atoms with Gasteiger partial charge in [-0.05, 0) is 6.42 Å². The van der Waals surface area contributed by atoms with E-state index in [0.29, 0.717) is 0 Å². The number of hydrogen-bond acceptors (Lipinski definition) is 2. The molecule has 0 aromatic carbocycles. The van der Waals surface area contributed by atoms with Crippen molar-refractivity contribution in [2.45, 2.75) is 20.3 Å². The highest BCUT2D eigenvalue weighted by molar-refractivity contribution is 5.71. The molecule has 47 valence electrons. The van der Waals surface area contributed by atoms with Crippen LogP contribution in [0.1, 0.15) is 20.3 Å². The molecule has 0 aromatic rings. The second kappa shape index (κ2) is 3.47. The third-order valence-electron chi connectivity index (χ3n) is 1.16. The van der Waals surface area contributed by atoms with Crippen molar-refractivity contribution in [1.29, 1.82) is 0 Å². The fourth-order valence-electron chi connectivity index (χ4n) is 0.309. The Hall–Kier alpha value is -0.530. The van der Waals surface area contributed by atoms with E-state index in [4.69, 9.17) is 0 Å². The number of hydrogen-bond donors (Lipinski definition) is 0. The molecule has 2 heteroatoms. The van der Waals surface area contributed by atoms with E-state index in [1.807, 2.05) is 13.8 Å². The van der Waals surface area contributed by atoms with Crippen LogP contribution in [-0.2, 0) is 9.53 Å². The molecule has 0 rings (SSSR count). The number of carbonyl (C=O) groups excluding carboxylic acids is 1. The van der Waals surface area contributed by atoms with Gasteiger partial charge < -0.3 is 4.74 Å². The molecular formula is C6H11O2. The molecule has 1 unspecified atom stereocenters. The summed E-state index contributed by atoms with van der Waals surface area (Å²) in [6.07, 6.45) is 0.814. The van der Waals surface area contributed by atoms with Gasteiger partial charge in [0.05, 0.1) is 5.92 Å². The zero-order chi connectivity index (χ0) is 6.57. The first kappa shape index (κ1) is 7.47. The lowest BCUT2D eigenvalue weighted by molar-refractivity contribution is -0.142. The molecule has 0 bridgehead atoms. The summed E-state index contributed by atoms with van der Waals surface area (Å²) in [4.78, 5) is 10.5. The van der Waals surface area contributed by atoms with Crippen molar-refractivity contribution in [3.63, 3.8) is 0 Å². The molecule has 2 nitrogen and oxygen atoms in total. The fraction of sp³-hybridized carbons (Fsp3) is 0.667. The van der Waals surface area contributed by atoms with E-state index in [0.717, 1.165) is 6.42 Å². The lowest BCUT2D eigenvalue weighted by Crippen LogP contribution is -2.09. The van der Waals surface area contributed by atoms with Crippen molar-refractivity contribution in [2.75, 3.05) is 0 Å². The molecule has 1 atom stereocenters. The van der Waals surface area contributed by atoms with Crippen molar-refractivity contribution >= 4 is 5.97 Å². The van der Waals surface area contributed by atoms with Crippen molar-refractivity contribution in [3.05, 3.63) is 7.11 Å². The SMILES string of the molecule is [CH2]OC(=O)C(C)CC. The average molecular weight is 115 g/mol. The maximum Gasteiger partial charge on any atom is 0.308 e. The van der Waals surface area contributed by atoms with Crippen molar-refractivity contribution in [1.82, 2.24) is 0 Å². The molecule has 0 heterocycles. The highest BCUT2D eigenvalue weighted by Gasteiger charge is 2.08. The van der Waals surface area contributed by atoms with Gasteiger partial charge in [-0.3, -0.25) is 4.79 Å². The first-order chi connectivity index (χ1) is 3.72. The number of carbonyl (C=O) groups is 1. The van der Waals surface area contributed by atoms with E-state index < -0.39 is 0 Å². The maximum absolute atomic E-state index is 10.5. The van der Waals surface area contributed by atoms with E-state index in [9.17, 15) is 4.79 Å². The van der Waals surface area contributed by atoms with Crippen LogP contribution >= 0.6 is 0 Å². The van der Waals surface area contributed by atoms with Gasteiger partial charge in [-0.15, -0.1) is 0 Å². The molecule has 8 heavy (non-hydrogen) atoms. The highest BCUT2D eigenvalue weighted by atomic mass is 16.5. The van der Waals surface area contributed by atoms with E-state index in [2.05, 4.69) is 11.8 Å². The van der Waals surface area contributed by atoms with Crippen molar-refractivity contribution < 1.29 is 9.53 Å². The summed E-state index contributed by atoms with van der Waals surface area (Å²) in [5.41, 5.74) is 0. The predicted octanol–water partition coefficient (Wildman–Crippen LogP) is 1.37. The minimum atomic E-state index is -0.229. The van der Waals surface area contributed by atoms with Gasteiger partial charge in [-0.1, -0.05) is 13.8 Å². The van der Waals surface area contributed by atoms with Gasteiger partial charge >= 0.3 is 5.97 Å². The van der Waals surface area contributed by atoms with Gasteiger partial charge in [-0.2, -0.15) is 0 Å². The second-order valence-corrected chi connectivity index (χ2v) is 1.77. The van der Waals surface area contributed by atoms with Crippen LogP contribution in [0.4, 0.5) is 0 Å². The van der Waals surface area contributed by atoms with Crippen LogP contribution in [0, 0.1) is 13.0 Å². The molecule has 0 aliphatic carbocycles. The molecule has 0 saturated carbocycles. The van der Waals surface area contributed by atoms with E-state index in [-0.39, 0.29) is 11.9 Å². The summed E-state index contributed by atoms with van der Waals surface area (Å²) >= 11 is 0. The van der Waals surface area contributed by atoms with Crippen LogP contribution in [0.15, 0.2) is 0 Å². The molecule has 0 aromatic heterocycles. The van der Waals surface area contributed by atoms with Crippen LogP contribution in [0.2, 0.25) is 0 Å². The van der Waals surface area contributed by atoms with Gasteiger partial charge in [-0.25, -0.2) is 0 Å². The Morgan fingerprint density at radius 1 is 1.88 bits per heavy atom. The molecule has 0 N–H and O–H groups in total. The molecule has 0 spiro atoms. The topological polar surface area (TPSA) is 26.3 Å². The zero-order valence-corrected chi connectivity index (χ0v) is 5.31. The van der Waals surface area contributed by atoms with Gasteiger partial charge in [0, 0.05) is 0 Å². The minimum Gasteiger partial charge on any atom is -0.462 e. The quantitative estimate of drug-likeness (QED) is 0.508. The van der Waals surface area contributed by atoms with Crippen LogP contribution in [0.25, 0.3) is 0 Å². The Balaban J connectivity index is 3.46. The lowest BCUT2D eigenvalue weighted by Gasteiger charge is -2.02. The molecule has 0 fully saturated rings. The normalized spacial score (nSPS) is 12.9. The van der Waals surface area contributed by atoms with E-state index >= 15 is 0 Å². The van der Waals surface area contributed by atoms with E-state index in [1.165, 1.54) is 0 Å². The van der Waals surface area contributed by atoms with Crippen molar-refractivity contribution in [2.24, 2.45) is 5.92 Å². The number of esters is 1. The molecule has 0 saturated heterocycles. The monoisotopic (exact) mass is 115 g/mol. The van der Waals surface area contributed by atoms with Gasteiger partial charge in [0.2, 0.25) is 0 Å². The largest absolute Gasteiger partial charge is 0.462 e. The minimum absolute atomic E-state index is 0.00694. The van der Waals surface area contributed by atoms with Gasteiger partial charge in [0.15, 0.2) is 0 Å². The molecule has 0 aliphatic rings. The van der Waals surface area contributed by atoms with Crippen LogP contribution in [0.5, 0.6) is 0 Å². The average Bonchev–Trinajstić information content (AvgIpc) is 1.84. The summed E-state index contributed by atoms with van der Waals surface area (Å²) in [5, 5.41) is 0. The Morgan fingerprint density at radius 3 is 2.50 bits per heavy atom. The first-order valence-electron chi connectivity index (χ1n) is 2.68. The molecular weight excluding hydrogens is 104 g/mol. The van der Waals surface area contributed by atoms with Crippen LogP contribution < -0.4 is 0 Å². The second-order valence-electron chi connectivity index (χ2n) is 1.77. The maximum atomic E-state index is 10.5. The fourth-order valence-corrected chi connectivity index (χ4v) is 0.309. The Labute approximate surface area is 49.8 Å². The van der Waals surface area contributed by atoms with Crippen molar-refractivity contribution in [3.8, 4) is 0 Å². The summed E-state index contributed by atoms with van der Waals surface area (Å²) in [7, 11) is 3.01. The smallest absolute Gasteiger partial charge is 0.308 e. The number of ether oxygens (including phenoxy) is 1. The molecule has 0 aliphatic heterocycles.